The topological polar surface area (TPSA) is 77.0 Å². The number of hydrogen-bond donors (Lipinski definition) is 1. The summed E-state index contributed by atoms with van der Waals surface area (Å²) >= 11 is 0. The zero-order valence-electron chi connectivity index (χ0n) is 11.2. The van der Waals surface area contributed by atoms with Crippen LogP contribution in [0.2, 0.25) is 0 Å². The molecule has 1 N–H and O–H groups in total. The van der Waals surface area contributed by atoms with E-state index in [1.165, 1.54) is 6.33 Å². The van der Waals surface area contributed by atoms with Crippen LogP contribution in [0.3, 0.4) is 0 Å². The number of ether oxygens (including phenoxy) is 1. The molecule has 0 aliphatic heterocycles. The minimum Gasteiger partial charge on any atom is -0.449 e. The van der Waals surface area contributed by atoms with Crippen LogP contribution in [0.4, 0.5) is 10.7 Å². The molecule has 20 heavy (non-hydrogen) atoms. The fourth-order valence-electron chi connectivity index (χ4n) is 1.52. The highest BCUT2D eigenvalue weighted by molar-refractivity contribution is 5.82. The van der Waals surface area contributed by atoms with Crippen LogP contribution in [0, 0.1) is 0 Å². The molecule has 1 aromatic heterocycles. The molecule has 1 heterocycles. The lowest BCUT2D eigenvalue weighted by atomic mass is 10.2. The highest BCUT2D eigenvalue weighted by Crippen LogP contribution is 2.14. The summed E-state index contributed by atoms with van der Waals surface area (Å²) in [6.07, 6.45) is 2.61. The molecule has 104 valence electrons. The Morgan fingerprint density at radius 2 is 2.05 bits per heavy atom. The van der Waals surface area contributed by atoms with Crippen molar-refractivity contribution in [3.8, 4) is 11.4 Å². The maximum absolute atomic E-state index is 11.5. The van der Waals surface area contributed by atoms with E-state index in [4.69, 9.17) is 4.74 Å². The maximum atomic E-state index is 11.5. The van der Waals surface area contributed by atoms with Crippen molar-refractivity contribution in [2.75, 3.05) is 11.9 Å². The van der Waals surface area contributed by atoms with Gasteiger partial charge in [0.1, 0.15) is 6.33 Å². The molecule has 0 atom stereocenters. The number of amides is 1. The predicted molar refractivity (Wildman–Crippen MR) is 75.1 cm³/mol. The van der Waals surface area contributed by atoms with Gasteiger partial charge < -0.3 is 4.74 Å². The number of hydrogen-bond acceptors (Lipinski definition) is 5. The van der Waals surface area contributed by atoms with Crippen molar-refractivity contribution in [2.45, 2.75) is 19.8 Å². The molecule has 0 bridgehead atoms. The van der Waals surface area contributed by atoms with Crippen molar-refractivity contribution < 1.29 is 9.53 Å². The summed E-state index contributed by atoms with van der Waals surface area (Å²) in [6, 6.07) is 9.47. The highest BCUT2D eigenvalue weighted by atomic mass is 16.5. The molecule has 2 rings (SSSR count). The first kappa shape index (κ1) is 13.9. The van der Waals surface area contributed by atoms with Crippen LogP contribution in [0.5, 0.6) is 0 Å². The predicted octanol–water partition coefficient (Wildman–Crippen LogP) is 2.89. The molecule has 0 unspecified atom stereocenters. The Hall–Kier alpha value is -2.50. The third kappa shape index (κ3) is 4.01. The normalized spacial score (nSPS) is 10.1. The van der Waals surface area contributed by atoms with E-state index in [-0.39, 0.29) is 5.95 Å². The van der Waals surface area contributed by atoms with Crippen LogP contribution in [0.15, 0.2) is 36.7 Å². The van der Waals surface area contributed by atoms with Gasteiger partial charge in [0.05, 0.1) is 6.61 Å². The second kappa shape index (κ2) is 7.18. The summed E-state index contributed by atoms with van der Waals surface area (Å²) in [7, 11) is 0. The first-order valence-corrected chi connectivity index (χ1v) is 6.48. The van der Waals surface area contributed by atoms with E-state index in [1.54, 1.807) is 0 Å². The van der Waals surface area contributed by atoms with Gasteiger partial charge in [-0.2, -0.15) is 4.98 Å². The number of carbonyl (C=O) groups is 1. The zero-order chi connectivity index (χ0) is 14.2. The lowest BCUT2D eigenvalue weighted by Gasteiger charge is -2.06. The molecule has 6 heteroatoms. The van der Waals surface area contributed by atoms with Gasteiger partial charge >= 0.3 is 6.09 Å². The first-order valence-electron chi connectivity index (χ1n) is 6.48. The average molecular weight is 272 g/mol. The largest absolute Gasteiger partial charge is 0.449 e. The molecule has 0 aliphatic rings. The van der Waals surface area contributed by atoms with Crippen LogP contribution in [0.25, 0.3) is 11.4 Å². The fourth-order valence-corrected chi connectivity index (χ4v) is 1.52. The third-order valence-corrected chi connectivity index (χ3v) is 2.55. The van der Waals surface area contributed by atoms with Crippen molar-refractivity contribution in [1.82, 2.24) is 15.0 Å². The van der Waals surface area contributed by atoms with Gasteiger partial charge in [-0.3, -0.25) is 5.32 Å². The zero-order valence-corrected chi connectivity index (χ0v) is 11.2. The van der Waals surface area contributed by atoms with Crippen molar-refractivity contribution >= 4 is 12.0 Å². The van der Waals surface area contributed by atoms with Gasteiger partial charge in [-0.25, -0.2) is 14.8 Å². The number of unbranched alkanes of at least 4 members (excludes halogenated alkanes) is 1. The second-order valence-electron chi connectivity index (χ2n) is 4.11. The number of nitrogens with zero attached hydrogens (tertiary/aromatic N) is 3. The fraction of sp³-hybridized carbons (Fsp3) is 0.286. The molecule has 0 radical (unpaired) electrons. The van der Waals surface area contributed by atoms with E-state index in [0.29, 0.717) is 12.4 Å². The number of nitrogens with one attached hydrogen (secondary N) is 1. The molecule has 0 fully saturated rings. The van der Waals surface area contributed by atoms with E-state index in [0.717, 1.165) is 18.4 Å². The van der Waals surface area contributed by atoms with Gasteiger partial charge in [-0.05, 0) is 6.42 Å². The number of anilines is 1. The van der Waals surface area contributed by atoms with E-state index >= 15 is 0 Å². The number of aromatic nitrogens is 3. The van der Waals surface area contributed by atoms with Crippen molar-refractivity contribution in [2.24, 2.45) is 0 Å². The molecule has 0 saturated heterocycles. The van der Waals surface area contributed by atoms with E-state index < -0.39 is 6.09 Å². The molecule has 0 spiro atoms. The van der Waals surface area contributed by atoms with Gasteiger partial charge in [0.2, 0.25) is 5.95 Å². The quantitative estimate of drug-likeness (QED) is 0.847. The molecular weight excluding hydrogens is 256 g/mol. The Labute approximate surface area is 117 Å². The average Bonchev–Trinajstić information content (AvgIpc) is 2.49. The van der Waals surface area contributed by atoms with E-state index in [9.17, 15) is 4.79 Å². The van der Waals surface area contributed by atoms with Crippen LogP contribution in [-0.2, 0) is 4.74 Å². The number of carbonyl (C=O) groups excluding carboxylic acids is 1. The standard InChI is InChI=1S/C14H16N4O2/c1-2-3-9-20-14(19)18-13-16-10-15-12(17-13)11-7-5-4-6-8-11/h4-8,10H,2-3,9H2,1H3,(H,15,16,17,18,19). The molecule has 1 aromatic carbocycles. The molecule has 0 aliphatic carbocycles. The number of benzene rings is 1. The third-order valence-electron chi connectivity index (χ3n) is 2.55. The van der Waals surface area contributed by atoms with Gasteiger partial charge in [0.25, 0.3) is 0 Å². The molecule has 6 nitrogen and oxygen atoms in total. The molecule has 1 amide bonds. The van der Waals surface area contributed by atoms with Gasteiger partial charge in [-0.15, -0.1) is 0 Å². The van der Waals surface area contributed by atoms with E-state index in [2.05, 4.69) is 20.3 Å². The van der Waals surface area contributed by atoms with Crippen LogP contribution >= 0.6 is 0 Å². The minimum atomic E-state index is -0.552. The SMILES string of the molecule is CCCCOC(=O)Nc1ncnc(-c2ccccc2)n1. The second-order valence-corrected chi connectivity index (χ2v) is 4.11. The summed E-state index contributed by atoms with van der Waals surface area (Å²) in [4.78, 5) is 23.7. The van der Waals surface area contributed by atoms with Crippen molar-refractivity contribution in [3.63, 3.8) is 0 Å². The van der Waals surface area contributed by atoms with Gasteiger partial charge in [0.15, 0.2) is 5.82 Å². The Morgan fingerprint density at radius 1 is 1.25 bits per heavy atom. The summed E-state index contributed by atoms with van der Waals surface area (Å²) in [6.45, 7) is 2.42. The smallest absolute Gasteiger partial charge is 0.414 e. The number of rotatable bonds is 5. The van der Waals surface area contributed by atoms with Gasteiger partial charge in [-0.1, -0.05) is 43.7 Å². The Morgan fingerprint density at radius 3 is 2.80 bits per heavy atom. The Bertz CT molecular complexity index is 560. The summed E-state index contributed by atoms with van der Waals surface area (Å²) < 4.78 is 4.98. The lowest BCUT2D eigenvalue weighted by molar-refractivity contribution is 0.159. The minimum absolute atomic E-state index is 0.181. The molecule has 0 saturated carbocycles. The van der Waals surface area contributed by atoms with Crippen LogP contribution in [-0.4, -0.2) is 27.7 Å². The van der Waals surface area contributed by atoms with Crippen LogP contribution in [0.1, 0.15) is 19.8 Å². The van der Waals surface area contributed by atoms with Crippen LogP contribution < -0.4 is 5.32 Å². The lowest BCUT2D eigenvalue weighted by Crippen LogP contribution is -2.16. The van der Waals surface area contributed by atoms with Crippen molar-refractivity contribution in [3.05, 3.63) is 36.7 Å². The molecular formula is C14H16N4O2. The first-order chi connectivity index (χ1) is 9.79. The van der Waals surface area contributed by atoms with Crippen molar-refractivity contribution in [1.29, 1.82) is 0 Å². The molecule has 2 aromatic rings. The Kier molecular flexibility index (Phi) is 5.00. The van der Waals surface area contributed by atoms with E-state index in [1.807, 2.05) is 37.3 Å². The maximum Gasteiger partial charge on any atom is 0.414 e. The summed E-state index contributed by atoms with van der Waals surface area (Å²) in [5, 5.41) is 2.49. The Balaban J connectivity index is 2.01. The summed E-state index contributed by atoms with van der Waals surface area (Å²) in [5.74, 6) is 0.685. The monoisotopic (exact) mass is 272 g/mol. The summed E-state index contributed by atoms with van der Waals surface area (Å²) in [5.41, 5.74) is 0.859. The van der Waals surface area contributed by atoms with Gasteiger partial charge in [0, 0.05) is 5.56 Å². The highest BCUT2D eigenvalue weighted by Gasteiger charge is 2.07.